The van der Waals surface area contributed by atoms with E-state index in [0.29, 0.717) is 5.56 Å². The van der Waals surface area contributed by atoms with E-state index in [-0.39, 0.29) is 5.91 Å². The van der Waals surface area contributed by atoms with Gasteiger partial charge in [0.2, 0.25) is 0 Å². The normalized spacial score (nSPS) is 13.3. The number of nitrogens with one attached hydrogen (secondary N) is 1. The Morgan fingerprint density at radius 2 is 2.07 bits per heavy atom. The summed E-state index contributed by atoms with van der Waals surface area (Å²) in [4.78, 5) is 13.7. The SMILES string of the molecule is Cc1cc(/C=N\NC(=O)c2ccccc2Br)c(C)n1-c1sc2c(c1C#N)CCCC2. The van der Waals surface area contributed by atoms with Crippen LogP contribution in [0.15, 0.2) is 39.9 Å². The average Bonchev–Trinajstić information content (AvgIpc) is 3.24. The molecule has 2 heterocycles. The van der Waals surface area contributed by atoms with Crippen molar-refractivity contribution in [1.29, 1.82) is 5.26 Å². The molecule has 2 aromatic heterocycles. The number of fused-ring (bicyclic) bond motifs is 1. The number of carbonyl (C=O) groups excluding carboxylic acids is 1. The van der Waals surface area contributed by atoms with Crippen molar-refractivity contribution in [3.05, 3.63) is 73.3 Å². The lowest BCUT2D eigenvalue weighted by molar-refractivity contribution is 0.0954. The van der Waals surface area contributed by atoms with Crippen molar-refractivity contribution in [3.8, 4) is 11.1 Å². The second-order valence-corrected chi connectivity index (χ2v) is 9.28. The number of hydrazone groups is 1. The first-order valence-electron chi connectivity index (χ1n) is 9.83. The van der Waals surface area contributed by atoms with E-state index in [1.54, 1.807) is 23.6 Å². The highest BCUT2D eigenvalue weighted by Gasteiger charge is 2.23. The molecule has 7 heteroatoms. The summed E-state index contributed by atoms with van der Waals surface area (Å²) in [6.07, 6.45) is 6.05. The molecule has 1 N–H and O–H groups in total. The minimum absolute atomic E-state index is 0.273. The van der Waals surface area contributed by atoms with Crippen molar-refractivity contribution in [1.82, 2.24) is 9.99 Å². The van der Waals surface area contributed by atoms with Gasteiger partial charge in [0.25, 0.3) is 5.91 Å². The molecule has 1 aromatic carbocycles. The number of nitrogens with zero attached hydrogens (tertiary/aromatic N) is 3. The molecule has 30 heavy (non-hydrogen) atoms. The van der Waals surface area contributed by atoms with Gasteiger partial charge in [-0.3, -0.25) is 4.79 Å². The topological polar surface area (TPSA) is 70.2 Å². The van der Waals surface area contributed by atoms with Crippen LogP contribution in [-0.4, -0.2) is 16.7 Å². The monoisotopic (exact) mass is 480 g/mol. The van der Waals surface area contributed by atoms with Gasteiger partial charge in [0.1, 0.15) is 11.1 Å². The molecule has 1 aliphatic carbocycles. The Balaban J connectivity index is 1.61. The van der Waals surface area contributed by atoms with E-state index in [0.717, 1.165) is 51.3 Å². The van der Waals surface area contributed by atoms with Crippen LogP contribution in [0.1, 0.15) is 56.2 Å². The molecule has 0 bridgehead atoms. The van der Waals surface area contributed by atoms with Gasteiger partial charge < -0.3 is 4.57 Å². The number of amides is 1. The quantitative estimate of drug-likeness (QED) is 0.399. The maximum Gasteiger partial charge on any atom is 0.272 e. The van der Waals surface area contributed by atoms with E-state index >= 15 is 0 Å². The molecular formula is C23H21BrN4OS. The Hall–Kier alpha value is -2.69. The Kier molecular flexibility index (Phi) is 5.89. The molecule has 5 nitrogen and oxygen atoms in total. The first-order valence-corrected chi connectivity index (χ1v) is 11.4. The second-order valence-electron chi connectivity index (χ2n) is 7.34. The van der Waals surface area contributed by atoms with Crippen LogP contribution >= 0.6 is 27.3 Å². The van der Waals surface area contributed by atoms with E-state index < -0.39 is 0 Å². The lowest BCUT2D eigenvalue weighted by atomic mass is 9.96. The first-order chi connectivity index (χ1) is 14.5. The highest BCUT2D eigenvalue weighted by molar-refractivity contribution is 9.10. The summed E-state index contributed by atoms with van der Waals surface area (Å²) >= 11 is 5.11. The Morgan fingerprint density at radius 1 is 1.30 bits per heavy atom. The molecule has 0 aliphatic heterocycles. The van der Waals surface area contributed by atoms with E-state index in [2.05, 4.69) is 37.1 Å². The predicted octanol–water partition coefficient (Wildman–Crippen LogP) is 5.43. The van der Waals surface area contributed by atoms with Gasteiger partial charge in [-0.2, -0.15) is 10.4 Å². The first kappa shape index (κ1) is 20.6. The summed E-state index contributed by atoms with van der Waals surface area (Å²) in [5.41, 5.74) is 8.11. The summed E-state index contributed by atoms with van der Waals surface area (Å²) < 4.78 is 2.86. The number of hydrogen-bond donors (Lipinski definition) is 1. The number of halogens is 1. The minimum atomic E-state index is -0.273. The van der Waals surface area contributed by atoms with Crippen LogP contribution in [0.5, 0.6) is 0 Å². The number of rotatable bonds is 4. The van der Waals surface area contributed by atoms with Gasteiger partial charge in [-0.05, 0) is 79.2 Å². The molecular weight excluding hydrogens is 460 g/mol. The third-order valence-corrected chi connectivity index (χ3v) is 7.39. The second kappa shape index (κ2) is 8.58. The van der Waals surface area contributed by atoms with Gasteiger partial charge in [-0.25, -0.2) is 5.43 Å². The Bertz CT molecular complexity index is 1200. The number of aromatic nitrogens is 1. The summed E-state index contributed by atoms with van der Waals surface area (Å²) in [7, 11) is 0. The standard InChI is InChI=1S/C23H21BrN4OS/c1-14-11-16(13-26-27-22(29)18-8-3-5-9-20(18)24)15(2)28(14)23-19(12-25)17-7-4-6-10-21(17)30-23/h3,5,8-9,11,13H,4,6-7,10H2,1-2H3,(H,27,29)/b26-13-. The minimum Gasteiger partial charge on any atom is -0.308 e. The fraction of sp³-hybridized carbons (Fsp3) is 0.261. The largest absolute Gasteiger partial charge is 0.308 e. The van der Waals surface area contributed by atoms with E-state index in [1.165, 1.54) is 16.9 Å². The van der Waals surface area contributed by atoms with Gasteiger partial charge in [-0.1, -0.05) is 12.1 Å². The van der Waals surface area contributed by atoms with Crippen LogP contribution in [0.3, 0.4) is 0 Å². The van der Waals surface area contributed by atoms with Gasteiger partial charge in [0.15, 0.2) is 0 Å². The van der Waals surface area contributed by atoms with Crippen LogP contribution in [0.2, 0.25) is 0 Å². The fourth-order valence-electron chi connectivity index (χ4n) is 3.92. The molecule has 1 amide bonds. The lowest BCUT2D eigenvalue weighted by Gasteiger charge is -2.10. The highest BCUT2D eigenvalue weighted by atomic mass is 79.9. The molecule has 3 aromatic rings. The number of thiophene rings is 1. The van der Waals surface area contributed by atoms with Crippen LogP contribution in [0.25, 0.3) is 5.00 Å². The number of aryl methyl sites for hydroxylation is 2. The smallest absolute Gasteiger partial charge is 0.272 e. The zero-order valence-corrected chi connectivity index (χ0v) is 19.2. The molecule has 0 radical (unpaired) electrons. The molecule has 0 fully saturated rings. The lowest BCUT2D eigenvalue weighted by Crippen LogP contribution is -2.18. The number of carbonyl (C=O) groups is 1. The molecule has 0 unspecified atom stereocenters. The van der Waals surface area contributed by atoms with Crippen LogP contribution in [0, 0.1) is 25.2 Å². The van der Waals surface area contributed by atoms with Crippen LogP contribution < -0.4 is 5.43 Å². The third-order valence-electron chi connectivity index (χ3n) is 5.43. The molecule has 0 saturated heterocycles. The van der Waals surface area contributed by atoms with Gasteiger partial charge in [0, 0.05) is 26.3 Å². The molecule has 0 spiro atoms. The molecule has 4 rings (SSSR count). The fourth-order valence-corrected chi connectivity index (χ4v) is 5.84. The van der Waals surface area contributed by atoms with Crippen LogP contribution in [0.4, 0.5) is 0 Å². The van der Waals surface area contributed by atoms with E-state index in [9.17, 15) is 10.1 Å². The van der Waals surface area contributed by atoms with Crippen LogP contribution in [-0.2, 0) is 12.8 Å². The van der Waals surface area contributed by atoms with Crippen molar-refractivity contribution in [2.24, 2.45) is 5.10 Å². The zero-order chi connectivity index (χ0) is 21.3. The third kappa shape index (κ3) is 3.73. The van der Waals surface area contributed by atoms with E-state index in [4.69, 9.17) is 0 Å². The summed E-state index contributed by atoms with van der Waals surface area (Å²) in [5.74, 6) is -0.273. The van der Waals surface area contributed by atoms with Gasteiger partial charge in [0.05, 0.1) is 17.3 Å². The van der Waals surface area contributed by atoms with Crippen molar-refractivity contribution in [2.75, 3.05) is 0 Å². The molecule has 0 saturated carbocycles. The Labute approximate surface area is 188 Å². The maximum atomic E-state index is 12.3. The summed E-state index contributed by atoms with van der Waals surface area (Å²) in [5, 5.41) is 15.0. The van der Waals surface area contributed by atoms with Crippen molar-refractivity contribution in [2.45, 2.75) is 39.5 Å². The van der Waals surface area contributed by atoms with E-state index in [1.807, 2.05) is 38.1 Å². The Morgan fingerprint density at radius 3 is 2.83 bits per heavy atom. The van der Waals surface area contributed by atoms with Crippen molar-refractivity contribution in [3.63, 3.8) is 0 Å². The van der Waals surface area contributed by atoms with Gasteiger partial charge in [-0.15, -0.1) is 11.3 Å². The van der Waals surface area contributed by atoms with Gasteiger partial charge >= 0.3 is 0 Å². The average molecular weight is 481 g/mol. The van der Waals surface area contributed by atoms with Crippen molar-refractivity contribution < 1.29 is 4.79 Å². The zero-order valence-electron chi connectivity index (χ0n) is 16.8. The molecule has 152 valence electrons. The number of benzene rings is 1. The molecule has 0 atom stereocenters. The number of nitriles is 1. The summed E-state index contributed by atoms with van der Waals surface area (Å²) in [6, 6.07) is 11.7. The molecule has 1 aliphatic rings. The summed E-state index contributed by atoms with van der Waals surface area (Å²) in [6.45, 7) is 4.05. The highest BCUT2D eigenvalue weighted by Crippen LogP contribution is 2.38. The maximum absolute atomic E-state index is 12.3. The predicted molar refractivity (Wildman–Crippen MR) is 124 cm³/mol. The van der Waals surface area contributed by atoms with Crippen molar-refractivity contribution >= 4 is 39.4 Å². The number of hydrogen-bond acceptors (Lipinski definition) is 4.